The number of anilines is 1. The minimum atomic E-state index is -0.845. The van der Waals surface area contributed by atoms with E-state index in [9.17, 15) is 42.8 Å². The van der Waals surface area contributed by atoms with Gasteiger partial charge in [-0.3, -0.25) is 38.4 Å². The summed E-state index contributed by atoms with van der Waals surface area (Å²) in [6.07, 6.45) is 3.08. The van der Waals surface area contributed by atoms with E-state index in [1.54, 1.807) is 37.7 Å². The zero-order valence-corrected chi connectivity index (χ0v) is 45.4. The van der Waals surface area contributed by atoms with E-state index >= 15 is 0 Å². The van der Waals surface area contributed by atoms with Gasteiger partial charge in [0.1, 0.15) is 35.9 Å². The number of nitrogens with zero attached hydrogens (tertiary/aromatic N) is 9. The SMILES string of the molecule is CN[C@@H](C)C(=O)N[C@H](C(=O)N1CCC[C@H]1C1=NC(C(=O)c2ccc(F)cc2)CS1)C1CCN(C(=O)CCOCCOCCC(=O)NCCn2nc(C#N)c3c2CN(C)C(=O)c2ccc(F)cc2[C@@H](C)Oc2nc-3cnc2N)CC1. The number of hydrogen-bond donors (Lipinski definition) is 4. The second-order valence-electron chi connectivity index (χ2n) is 19.7. The van der Waals surface area contributed by atoms with E-state index in [4.69, 9.17) is 24.9 Å². The average molecular weight is 1110 g/mol. The summed E-state index contributed by atoms with van der Waals surface area (Å²) in [5.41, 5.74) is 7.91. The summed E-state index contributed by atoms with van der Waals surface area (Å²) in [5, 5.41) is 24.1. The number of carbonyl (C=O) groups is 6. The molecule has 5 atom stereocenters. The number of thioether (sulfide) groups is 1. The summed E-state index contributed by atoms with van der Waals surface area (Å²) >= 11 is 1.45. The quantitative estimate of drug-likeness (QED) is 0.0729. The van der Waals surface area contributed by atoms with Crippen molar-refractivity contribution in [1.82, 2.24) is 50.4 Å². The normalized spacial score (nSPS) is 19.2. The van der Waals surface area contributed by atoms with Gasteiger partial charge in [0.2, 0.25) is 23.6 Å². The first-order valence-electron chi connectivity index (χ1n) is 26.4. The van der Waals surface area contributed by atoms with Crippen molar-refractivity contribution in [2.45, 2.75) is 95.7 Å². The first-order chi connectivity index (χ1) is 38.0. The van der Waals surface area contributed by atoms with Crippen LogP contribution in [0, 0.1) is 28.9 Å². The second kappa shape index (κ2) is 26.5. The van der Waals surface area contributed by atoms with E-state index in [1.165, 1.54) is 70.0 Å². The van der Waals surface area contributed by atoms with Gasteiger partial charge in [-0.15, -0.1) is 11.8 Å². The number of likely N-dealkylation sites (N-methyl/N-ethyl adjacent to an activating group) is 1. The average Bonchev–Trinajstić information content (AvgIpc) is 4.43. The highest BCUT2D eigenvalue weighted by molar-refractivity contribution is 8.14. The molecule has 1 unspecified atom stereocenters. The smallest absolute Gasteiger partial charge is 0.258 e. The van der Waals surface area contributed by atoms with Crippen LogP contribution in [0.3, 0.4) is 0 Å². The molecule has 2 aromatic heterocycles. The van der Waals surface area contributed by atoms with Gasteiger partial charge >= 0.3 is 0 Å². The summed E-state index contributed by atoms with van der Waals surface area (Å²) in [4.78, 5) is 99.4. The van der Waals surface area contributed by atoms with Gasteiger partial charge in [0, 0.05) is 62.1 Å². The summed E-state index contributed by atoms with van der Waals surface area (Å²) in [5.74, 6) is -2.51. The Morgan fingerprint density at radius 3 is 2.43 bits per heavy atom. The Kier molecular flexibility index (Phi) is 19.4. The van der Waals surface area contributed by atoms with Crippen LogP contribution in [0.4, 0.5) is 14.6 Å². The Morgan fingerprint density at radius 2 is 1.71 bits per heavy atom. The minimum absolute atomic E-state index is 0.00217. The molecule has 79 heavy (non-hydrogen) atoms. The number of aromatic nitrogens is 4. The van der Waals surface area contributed by atoms with Crippen LogP contribution in [-0.4, -0.2) is 171 Å². The molecule has 0 aliphatic carbocycles. The van der Waals surface area contributed by atoms with E-state index in [2.05, 4.69) is 37.1 Å². The molecule has 0 spiro atoms. The van der Waals surface area contributed by atoms with Crippen molar-refractivity contribution in [3.63, 3.8) is 0 Å². The Bertz CT molecular complexity index is 2980. The Morgan fingerprint density at radius 1 is 0.987 bits per heavy atom. The summed E-state index contributed by atoms with van der Waals surface area (Å²) in [6.45, 7) is 5.43. The van der Waals surface area contributed by atoms with Gasteiger partial charge in [-0.05, 0) is 95.0 Å². The van der Waals surface area contributed by atoms with Crippen molar-refractivity contribution in [3.05, 3.63) is 88.4 Å². The molecule has 4 aliphatic heterocycles. The molecule has 6 heterocycles. The first-order valence-corrected chi connectivity index (χ1v) is 27.4. The maximum Gasteiger partial charge on any atom is 0.258 e. The maximum absolute atomic E-state index is 14.5. The number of hydrogen-bond acceptors (Lipinski definition) is 17. The molecule has 4 aliphatic rings. The summed E-state index contributed by atoms with van der Waals surface area (Å²) in [7, 11) is 3.23. The predicted molar refractivity (Wildman–Crippen MR) is 286 cm³/mol. The number of rotatable bonds is 20. The molecule has 2 fully saturated rings. The molecule has 0 saturated carbocycles. The maximum atomic E-state index is 14.5. The second-order valence-corrected chi connectivity index (χ2v) is 20.8. The third-order valence-electron chi connectivity index (χ3n) is 14.5. The van der Waals surface area contributed by atoms with Gasteiger partial charge in [0.15, 0.2) is 17.3 Å². The molecule has 420 valence electrons. The van der Waals surface area contributed by atoms with Gasteiger partial charge in [0.05, 0.1) is 86.2 Å². The Labute approximate surface area is 460 Å². The van der Waals surface area contributed by atoms with Crippen molar-refractivity contribution < 1.29 is 51.8 Å². The van der Waals surface area contributed by atoms with Crippen LogP contribution in [0.25, 0.3) is 11.3 Å². The van der Waals surface area contributed by atoms with E-state index in [0.717, 1.165) is 6.42 Å². The van der Waals surface area contributed by atoms with E-state index in [1.807, 2.05) is 0 Å². The third kappa shape index (κ3) is 13.9. The molecular weight excluding hydrogens is 1040 g/mol. The van der Waals surface area contributed by atoms with Crippen LogP contribution in [0.5, 0.6) is 5.88 Å². The van der Waals surface area contributed by atoms with Crippen LogP contribution >= 0.6 is 11.8 Å². The van der Waals surface area contributed by atoms with Crippen LogP contribution < -0.4 is 26.4 Å². The fraction of sp³-hybridized carbons (Fsp3) is 0.500. The number of nitriles is 1. The zero-order valence-electron chi connectivity index (χ0n) is 44.5. The number of aliphatic imine (C=N–C) groups is 1. The number of Topliss-reactive ketones (excluding diaryl/α,β-unsaturated/α-hetero) is 1. The number of piperidine rings is 1. The van der Waals surface area contributed by atoms with Crippen molar-refractivity contribution in [2.75, 3.05) is 78.2 Å². The van der Waals surface area contributed by atoms with E-state index in [-0.39, 0.29) is 134 Å². The van der Waals surface area contributed by atoms with Crippen molar-refractivity contribution in [2.24, 2.45) is 10.9 Å². The fourth-order valence-corrected chi connectivity index (χ4v) is 11.2. The number of benzene rings is 2. The molecule has 2 aromatic carbocycles. The highest BCUT2D eigenvalue weighted by atomic mass is 32.2. The van der Waals surface area contributed by atoms with Crippen molar-refractivity contribution in [3.8, 4) is 23.2 Å². The van der Waals surface area contributed by atoms with Gasteiger partial charge in [-0.2, -0.15) is 10.4 Å². The minimum Gasteiger partial charge on any atom is -0.467 e. The highest BCUT2D eigenvalue weighted by Crippen LogP contribution is 2.35. The van der Waals surface area contributed by atoms with Gasteiger partial charge in [-0.25, -0.2) is 18.7 Å². The molecule has 2 saturated heterocycles. The largest absolute Gasteiger partial charge is 0.467 e. The molecule has 5 amide bonds. The van der Waals surface area contributed by atoms with E-state index in [0.29, 0.717) is 66.5 Å². The molecule has 22 nitrogen and oxygen atoms in total. The van der Waals surface area contributed by atoms with Crippen LogP contribution in [0.1, 0.15) is 96.1 Å². The number of nitrogens with two attached hydrogens (primary N) is 1. The van der Waals surface area contributed by atoms with Gasteiger partial charge in [-0.1, -0.05) is 0 Å². The third-order valence-corrected chi connectivity index (χ3v) is 15.7. The van der Waals surface area contributed by atoms with Crippen molar-refractivity contribution >= 4 is 57.9 Å². The van der Waals surface area contributed by atoms with Gasteiger partial charge in [0.25, 0.3) is 11.8 Å². The molecule has 2 bridgehead atoms. The molecule has 5 N–H and O–H groups in total. The molecule has 4 aromatic rings. The van der Waals surface area contributed by atoms with Crippen LogP contribution in [-0.2, 0) is 41.7 Å². The number of ether oxygens (including phenoxy) is 3. The number of ketones is 1. The lowest BCUT2D eigenvalue weighted by atomic mass is 9.88. The Balaban J connectivity index is 0.764. The molecular formula is C54H65F2N13O9S. The van der Waals surface area contributed by atoms with Crippen molar-refractivity contribution in [1.29, 1.82) is 5.26 Å². The summed E-state index contributed by atoms with van der Waals surface area (Å²) in [6, 6.07) is 8.91. The fourth-order valence-electron chi connectivity index (χ4n) is 10.0. The van der Waals surface area contributed by atoms with Crippen LogP contribution in [0.15, 0.2) is 53.7 Å². The topological polar surface area (TPSA) is 282 Å². The monoisotopic (exact) mass is 1110 g/mol. The summed E-state index contributed by atoms with van der Waals surface area (Å²) < 4.78 is 46.8. The highest BCUT2D eigenvalue weighted by Gasteiger charge is 2.43. The number of halogens is 2. The lowest BCUT2D eigenvalue weighted by molar-refractivity contribution is -0.140. The first kappa shape index (κ1) is 57.8. The lowest BCUT2D eigenvalue weighted by Crippen LogP contribution is -2.58. The van der Waals surface area contributed by atoms with Crippen LogP contribution in [0.2, 0.25) is 0 Å². The number of amides is 5. The molecule has 0 radical (unpaired) electrons. The number of carbonyl (C=O) groups excluding carboxylic acids is 6. The van der Waals surface area contributed by atoms with Gasteiger partial charge < -0.3 is 50.6 Å². The number of nitrogen functional groups attached to an aromatic ring is 1. The zero-order chi connectivity index (χ0) is 56.3. The predicted octanol–water partition coefficient (Wildman–Crippen LogP) is 3.45. The van der Waals surface area contributed by atoms with E-state index < -0.39 is 41.8 Å². The number of nitrogens with one attached hydrogen (secondary N) is 3. The number of likely N-dealkylation sites (tertiary alicyclic amines) is 2. The Hall–Kier alpha value is -7.40. The lowest BCUT2D eigenvalue weighted by Gasteiger charge is -2.38. The standard InChI is InChI=1S/C54H65F2N13O9S/c1-31(59-3)50(73)64-47(54(75)68-18-5-6-42(68)52-63-41(30-79-52)48(72)34-7-9-35(55)10-8-34)33-13-19-67(20-14-33)45(71)16-23-77-25-24-76-22-15-44(70)60-17-21-69-43-29-66(4)53(74)37-12-11-36(56)26-38(37)32(2)78-51-49(58)61-28-40(62-51)46(43)39(27-57)65-69/h7-12,26,28,31-33,41-42,47,59H,5-6,13-25,29-30H2,1-4H3,(H2,58,61)(H,60,70)(H,64,73)/t31-,32+,41?,42-,47-/m0/s1. The molecule has 25 heteroatoms. The number of fused-ring (bicyclic) bond motifs is 5. The molecule has 8 rings (SSSR count).